The van der Waals surface area contributed by atoms with Gasteiger partial charge in [-0.3, -0.25) is 14.4 Å². The number of carbonyl (C=O) groups excluding carboxylic acids is 3. The van der Waals surface area contributed by atoms with Gasteiger partial charge < -0.3 is 10.4 Å². The lowest BCUT2D eigenvalue weighted by Crippen LogP contribution is -2.45. The summed E-state index contributed by atoms with van der Waals surface area (Å²) < 4.78 is -1.19. The van der Waals surface area contributed by atoms with Crippen LogP contribution in [0.5, 0.6) is 0 Å². The Morgan fingerprint density at radius 2 is 1.24 bits per heavy atom. The molecule has 0 aliphatic carbocycles. The van der Waals surface area contributed by atoms with E-state index in [1.165, 1.54) is 0 Å². The van der Waals surface area contributed by atoms with E-state index in [4.69, 9.17) is 11.6 Å². The van der Waals surface area contributed by atoms with Crippen LogP contribution in [0.25, 0.3) is 0 Å². The normalized spacial score (nSPS) is 11.6. The number of thioether (sulfide) groups is 2. The molecule has 3 aromatic rings. The zero-order chi connectivity index (χ0) is 24.5. The molecule has 1 atom stereocenters. The van der Waals surface area contributed by atoms with Crippen molar-refractivity contribution in [3.63, 3.8) is 0 Å². The highest BCUT2D eigenvalue weighted by molar-refractivity contribution is 8.31. The van der Waals surface area contributed by atoms with E-state index in [9.17, 15) is 24.3 Å². The molecule has 2 N–H and O–H groups in total. The van der Waals surface area contributed by atoms with E-state index in [0.29, 0.717) is 45.2 Å². The minimum Gasteiger partial charge on any atom is -0.480 e. The second-order valence-corrected chi connectivity index (χ2v) is 10.00. The molecule has 34 heavy (non-hydrogen) atoms. The number of carbonyl (C=O) groups is 4. The fourth-order valence-corrected chi connectivity index (χ4v) is 5.03. The summed E-state index contributed by atoms with van der Waals surface area (Å²) in [6, 6.07) is 22.0. The SMILES string of the molecule is O=C(SC(SC(=O)c1ccccc1)C(=O)N[C@@H](Cc1ccc(Cl)cc1)C(=O)O)c1ccccc1. The third-order valence-electron chi connectivity index (χ3n) is 4.63. The lowest BCUT2D eigenvalue weighted by atomic mass is 10.1. The summed E-state index contributed by atoms with van der Waals surface area (Å²) in [7, 11) is 0. The molecule has 9 heteroatoms. The highest BCUT2D eigenvalue weighted by Gasteiger charge is 2.31. The van der Waals surface area contributed by atoms with Crippen molar-refractivity contribution >= 4 is 57.2 Å². The van der Waals surface area contributed by atoms with Crippen LogP contribution in [0.15, 0.2) is 84.9 Å². The van der Waals surface area contributed by atoms with E-state index >= 15 is 0 Å². The third kappa shape index (κ3) is 7.48. The fraction of sp³-hybridized carbons (Fsp3) is 0.120. The van der Waals surface area contributed by atoms with Gasteiger partial charge in [0, 0.05) is 22.6 Å². The zero-order valence-corrected chi connectivity index (χ0v) is 20.1. The van der Waals surface area contributed by atoms with E-state index in [1.54, 1.807) is 84.9 Å². The van der Waals surface area contributed by atoms with Crippen LogP contribution in [0.2, 0.25) is 5.02 Å². The van der Waals surface area contributed by atoms with Gasteiger partial charge in [0.15, 0.2) is 0 Å². The molecule has 0 spiro atoms. The molecule has 3 aromatic carbocycles. The molecule has 0 aliphatic rings. The van der Waals surface area contributed by atoms with Crippen molar-refractivity contribution in [2.24, 2.45) is 0 Å². The van der Waals surface area contributed by atoms with Crippen molar-refractivity contribution in [3.05, 3.63) is 107 Å². The van der Waals surface area contributed by atoms with Gasteiger partial charge in [-0.2, -0.15) is 0 Å². The van der Waals surface area contributed by atoms with Crippen LogP contribution in [-0.2, 0) is 16.0 Å². The summed E-state index contributed by atoms with van der Waals surface area (Å²) in [5.74, 6) is -1.97. The number of amides is 1. The van der Waals surface area contributed by atoms with E-state index < -0.39 is 32.7 Å². The Balaban J connectivity index is 1.78. The molecular weight excluding hydrogens is 494 g/mol. The van der Waals surface area contributed by atoms with Crippen molar-refractivity contribution in [3.8, 4) is 0 Å². The minimum atomic E-state index is -1.25. The van der Waals surface area contributed by atoms with Crippen LogP contribution < -0.4 is 5.32 Å². The van der Waals surface area contributed by atoms with Gasteiger partial charge >= 0.3 is 5.97 Å². The zero-order valence-electron chi connectivity index (χ0n) is 17.7. The first-order valence-corrected chi connectivity index (χ1v) is 12.3. The third-order valence-corrected chi connectivity index (χ3v) is 7.21. The smallest absolute Gasteiger partial charge is 0.326 e. The molecule has 0 fully saturated rings. The molecule has 0 aromatic heterocycles. The average molecular weight is 514 g/mol. The quantitative estimate of drug-likeness (QED) is 0.391. The van der Waals surface area contributed by atoms with Crippen molar-refractivity contribution < 1.29 is 24.3 Å². The van der Waals surface area contributed by atoms with Crippen molar-refractivity contribution in [1.82, 2.24) is 5.32 Å². The predicted molar refractivity (Wildman–Crippen MR) is 135 cm³/mol. The summed E-state index contributed by atoms with van der Waals surface area (Å²) >= 11 is 7.22. The number of hydrogen-bond acceptors (Lipinski definition) is 6. The summed E-state index contributed by atoms with van der Waals surface area (Å²) in [5, 5.41) is 11.8. The fourth-order valence-electron chi connectivity index (χ4n) is 2.91. The Hall–Kier alpha value is -3.07. The van der Waals surface area contributed by atoms with Crippen LogP contribution >= 0.6 is 35.1 Å². The van der Waals surface area contributed by atoms with Crippen LogP contribution in [-0.4, -0.2) is 37.8 Å². The number of rotatable bonds is 9. The molecule has 0 aliphatic heterocycles. The van der Waals surface area contributed by atoms with Crippen LogP contribution in [0.4, 0.5) is 0 Å². The lowest BCUT2D eigenvalue weighted by molar-refractivity contribution is -0.141. The minimum absolute atomic E-state index is 0.0135. The van der Waals surface area contributed by atoms with E-state index in [-0.39, 0.29) is 6.42 Å². The molecule has 0 saturated carbocycles. The van der Waals surface area contributed by atoms with Crippen LogP contribution in [0.3, 0.4) is 0 Å². The Labute approximate surface area is 210 Å². The van der Waals surface area contributed by atoms with Gasteiger partial charge in [-0.25, -0.2) is 4.79 Å². The second kappa shape index (κ2) is 12.4. The molecule has 0 bridgehead atoms. The van der Waals surface area contributed by atoms with Crippen molar-refractivity contribution in [2.45, 2.75) is 17.0 Å². The van der Waals surface area contributed by atoms with Crippen molar-refractivity contribution in [1.29, 1.82) is 0 Å². The van der Waals surface area contributed by atoms with Gasteiger partial charge in [0.05, 0.1) is 0 Å². The number of hydrogen-bond donors (Lipinski definition) is 2. The number of aliphatic carboxylic acids is 1. The first-order chi connectivity index (χ1) is 16.3. The number of halogens is 1. The molecule has 0 radical (unpaired) electrons. The maximum Gasteiger partial charge on any atom is 0.326 e. The Kier molecular flexibility index (Phi) is 9.33. The summed E-state index contributed by atoms with van der Waals surface area (Å²) in [6.07, 6.45) is 0.0135. The number of nitrogens with one attached hydrogen (secondary N) is 1. The molecule has 0 saturated heterocycles. The average Bonchev–Trinajstić information content (AvgIpc) is 2.85. The van der Waals surface area contributed by atoms with Crippen LogP contribution in [0.1, 0.15) is 26.3 Å². The topological polar surface area (TPSA) is 101 Å². The molecule has 0 heterocycles. The van der Waals surface area contributed by atoms with E-state index in [2.05, 4.69) is 5.32 Å². The summed E-state index contributed by atoms with van der Waals surface area (Å²) in [6.45, 7) is 0. The maximum atomic E-state index is 13.1. The van der Waals surface area contributed by atoms with Gasteiger partial charge in [-0.15, -0.1) is 0 Å². The molecule has 174 valence electrons. The first kappa shape index (κ1) is 25.6. The monoisotopic (exact) mass is 513 g/mol. The first-order valence-electron chi connectivity index (χ1n) is 10.1. The standard InChI is InChI=1S/C25H20ClNO5S2/c26-19-13-11-16(12-14-19)15-20(22(29)30)27-21(28)25(33-23(31)17-7-3-1-4-8-17)34-24(32)18-9-5-2-6-10-18/h1-14,20,25H,15H2,(H,27,28)(H,29,30)/t20-/m0/s1. The van der Waals surface area contributed by atoms with Gasteiger partial charge in [0.1, 0.15) is 10.6 Å². The van der Waals surface area contributed by atoms with Crippen molar-refractivity contribution in [2.75, 3.05) is 0 Å². The largest absolute Gasteiger partial charge is 0.480 e. The molecule has 3 rings (SSSR count). The highest BCUT2D eigenvalue weighted by atomic mass is 35.5. The molecular formula is C25H20ClNO5S2. The van der Waals surface area contributed by atoms with Gasteiger partial charge in [0.25, 0.3) is 0 Å². The highest BCUT2D eigenvalue weighted by Crippen LogP contribution is 2.30. The molecule has 1 amide bonds. The van der Waals surface area contributed by atoms with Crippen LogP contribution in [0, 0.1) is 0 Å². The number of carboxylic acid groups (broad SMARTS) is 1. The summed E-state index contributed by atoms with van der Waals surface area (Å²) in [4.78, 5) is 50.4. The Bertz CT molecular complexity index is 1100. The second-order valence-electron chi connectivity index (χ2n) is 7.10. The van der Waals surface area contributed by atoms with E-state index in [0.717, 1.165) is 0 Å². The molecule has 0 unspecified atom stereocenters. The predicted octanol–water partition coefficient (Wildman–Crippen LogP) is 4.93. The lowest BCUT2D eigenvalue weighted by Gasteiger charge is -2.19. The van der Waals surface area contributed by atoms with Gasteiger partial charge in [0.2, 0.25) is 16.1 Å². The Morgan fingerprint density at radius 3 is 1.68 bits per heavy atom. The molecule has 6 nitrogen and oxygen atoms in total. The number of carboxylic acids is 1. The maximum absolute atomic E-state index is 13.1. The van der Waals surface area contributed by atoms with E-state index in [1.807, 2.05) is 0 Å². The Morgan fingerprint density at radius 1 is 0.765 bits per heavy atom. The summed E-state index contributed by atoms with van der Waals surface area (Å²) in [5.41, 5.74) is 1.40. The van der Waals surface area contributed by atoms with Gasteiger partial charge in [-0.05, 0) is 17.7 Å². The van der Waals surface area contributed by atoms with Gasteiger partial charge in [-0.1, -0.05) is 108 Å². The number of benzene rings is 3.